The molecule has 2 amide bonds. The van der Waals surface area contributed by atoms with E-state index in [1.165, 1.54) is 32.1 Å². The maximum absolute atomic E-state index is 12.6. The van der Waals surface area contributed by atoms with E-state index < -0.39 is 0 Å². The molecule has 0 unspecified atom stereocenters. The first kappa shape index (κ1) is 21.9. The second kappa shape index (κ2) is 9.16. The van der Waals surface area contributed by atoms with Crippen molar-refractivity contribution < 1.29 is 19.1 Å². The summed E-state index contributed by atoms with van der Waals surface area (Å²) in [6.45, 7) is 0.850. The summed E-state index contributed by atoms with van der Waals surface area (Å²) < 4.78 is 6.30. The van der Waals surface area contributed by atoms with Gasteiger partial charge in [-0.15, -0.1) is 0 Å². The number of carbonyl (C=O) groups is 3. The Bertz CT molecular complexity index is 850. The summed E-state index contributed by atoms with van der Waals surface area (Å²) in [6, 6.07) is 7.57. The summed E-state index contributed by atoms with van der Waals surface area (Å²) in [5.74, 6) is 2.20. The van der Waals surface area contributed by atoms with E-state index in [1.54, 1.807) is 17.0 Å². The van der Waals surface area contributed by atoms with E-state index >= 15 is 0 Å². The average Bonchev–Trinajstić information content (AvgIpc) is 2.79. The zero-order valence-corrected chi connectivity index (χ0v) is 19.9. The highest BCUT2D eigenvalue weighted by atomic mass is 79.9. The van der Waals surface area contributed by atoms with Gasteiger partial charge in [0.15, 0.2) is 6.61 Å². The van der Waals surface area contributed by atoms with E-state index in [0.717, 1.165) is 16.3 Å². The SMILES string of the molecule is O=C(COC(=O)C1CCN(C(=O)c2ccc(Br)cc2)CC1)NC1C2CC3CC(C2)CC1C3. The number of likely N-dealkylation sites (tertiary alicyclic amines) is 1. The van der Waals surface area contributed by atoms with Crippen LogP contribution in [-0.4, -0.2) is 48.4 Å². The average molecular weight is 503 g/mol. The minimum Gasteiger partial charge on any atom is -0.455 e. The van der Waals surface area contributed by atoms with Crippen LogP contribution in [0.2, 0.25) is 0 Å². The molecule has 7 heteroatoms. The summed E-state index contributed by atoms with van der Waals surface area (Å²) in [7, 11) is 0. The number of halogens is 1. The predicted octanol–water partition coefficient (Wildman–Crippen LogP) is 3.79. The normalized spacial score (nSPS) is 31.4. The summed E-state index contributed by atoms with van der Waals surface area (Å²) in [5, 5.41) is 3.19. The second-order valence-electron chi connectivity index (χ2n) is 10.2. The molecule has 4 saturated carbocycles. The molecule has 5 aliphatic rings. The van der Waals surface area contributed by atoms with Crippen LogP contribution in [0.4, 0.5) is 0 Å². The third-order valence-electron chi connectivity index (χ3n) is 8.11. The molecule has 1 aromatic carbocycles. The van der Waals surface area contributed by atoms with Crippen molar-refractivity contribution in [2.75, 3.05) is 19.7 Å². The van der Waals surface area contributed by atoms with Gasteiger partial charge in [0.25, 0.3) is 11.8 Å². The van der Waals surface area contributed by atoms with Crippen LogP contribution in [0.1, 0.15) is 55.3 Å². The standard InChI is InChI=1S/C25H31BrN2O4/c26-21-3-1-17(2-4-21)24(30)28-7-5-18(6-8-28)25(31)32-14-22(29)27-23-19-10-15-9-16(12-19)13-20(23)11-15/h1-4,15-16,18-20,23H,5-14H2,(H,27,29). The van der Waals surface area contributed by atoms with Crippen LogP contribution in [0.15, 0.2) is 28.7 Å². The van der Waals surface area contributed by atoms with Crippen LogP contribution in [0.5, 0.6) is 0 Å². The maximum atomic E-state index is 12.6. The molecule has 172 valence electrons. The lowest BCUT2D eigenvalue weighted by atomic mass is 9.54. The van der Waals surface area contributed by atoms with E-state index in [1.807, 2.05) is 12.1 Å². The van der Waals surface area contributed by atoms with Gasteiger partial charge < -0.3 is 15.0 Å². The Morgan fingerprint density at radius 3 is 2.12 bits per heavy atom. The molecule has 1 N–H and O–H groups in total. The van der Waals surface area contributed by atoms with Gasteiger partial charge >= 0.3 is 5.97 Å². The smallest absolute Gasteiger partial charge is 0.309 e. The fraction of sp³-hybridized carbons (Fsp3) is 0.640. The van der Waals surface area contributed by atoms with E-state index in [4.69, 9.17) is 4.74 Å². The van der Waals surface area contributed by atoms with Crippen LogP contribution < -0.4 is 5.32 Å². The van der Waals surface area contributed by atoms with Gasteiger partial charge in [0.1, 0.15) is 0 Å². The van der Waals surface area contributed by atoms with Crippen LogP contribution >= 0.6 is 15.9 Å². The molecule has 6 nitrogen and oxygen atoms in total. The maximum Gasteiger partial charge on any atom is 0.309 e. The van der Waals surface area contributed by atoms with Crippen molar-refractivity contribution in [2.24, 2.45) is 29.6 Å². The van der Waals surface area contributed by atoms with Crippen LogP contribution in [-0.2, 0) is 14.3 Å². The van der Waals surface area contributed by atoms with E-state index in [-0.39, 0.29) is 36.4 Å². The summed E-state index contributed by atoms with van der Waals surface area (Å²) in [6.07, 6.45) is 7.50. The molecule has 0 aromatic heterocycles. The van der Waals surface area contributed by atoms with Crippen LogP contribution in [0.25, 0.3) is 0 Å². The zero-order chi connectivity index (χ0) is 22.2. The Morgan fingerprint density at radius 2 is 1.53 bits per heavy atom. The second-order valence-corrected chi connectivity index (χ2v) is 11.1. The number of ether oxygens (including phenoxy) is 1. The number of nitrogens with one attached hydrogen (secondary N) is 1. The Morgan fingerprint density at radius 1 is 0.938 bits per heavy atom. The molecule has 1 heterocycles. The van der Waals surface area contributed by atoms with Crippen LogP contribution in [0, 0.1) is 29.6 Å². The van der Waals surface area contributed by atoms with Gasteiger partial charge in [-0.1, -0.05) is 15.9 Å². The minimum atomic E-state index is -0.319. The number of benzene rings is 1. The first-order valence-electron chi connectivity index (χ1n) is 12.0. The minimum absolute atomic E-state index is 0.0145. The summed E-state index contributed by atoms with van der Waals surface area (Å²) >= 11 is 3.38. The topological polar surface area (TPSA) is 75.7 Å². The summed E-state index contributed by atoms with van der Waals surface area (Å²) in [5.41, 5.74) is 0.649. The van der Waals surface area contributed by atoms with Crippen molar-refractivity contribution in [1.82, 2.24) is 10.2 Å². The molecule has 4 bridgehead atoms. The van der Waals surface area contributed by atoms with Gasteiger partial charge in [0.05, 0.1) is 5.92 Å². The fourth-order valence-corrected chi connectivity index (χ4v) is 7.00. The molecule has 6 rings (SSSR count). The molecule has 1 saturated heterocycles. The lowest BCUT2D eigenvalue weighted by molar-refractivity contribution is -0.154. The van der Waals surface area contributed by atoms with Crippen molar-refractivity contribution in [3.8, 4) is 0 Å². The molecular formula is C25H31BrN2O4. The first-order chi connectivity index (χ1) is 15.5. The Balaban J connectivity index is 1.05. The number of piperidine rings is 1. The number of esters is 1. The van der Waals surface area contributed by atoms with E-state index in [2.05, 4.69) is 21.2 Å². The van der Waals surface area contributed by atoms with Crippen LogP contribution in [0.3, 0.4) is 0 Å². The van der Waals surface area contributed by atoms with Gasteiger partial charge in [0, 0.05) is 29.2 Å². The number of hydrogen-bond acceptors (Lipinski definition) is 4. The first-order valence-corrected chi connectivity index (χ1v) is 12.8. The van der Waals surface area contributed by atoms with E-state index in [9.17, 15) is 14.4 Å². The molecule has 32 heavy (non-hydrogen) atoms. The Hall–Kier alpha value is -1.89. The molecule has 1 aliphatic heterocycles. The number of nitrogens with zero attached hydrogens (tertiary/aromatic N) is 1. The largest absolute Gasteiger partial charge is 0.455 e. The number of carbonyl (C=O) groups excluding carboxylic acids is 3. The predicted molar refractivity (Wildman–Crippen MR) is 123 cm³/mol. The third kappa shape index (κ3) is 4.59. The molecule has 0 spiro atoms. The number of rotatable bonds is 5. The van der Waals surface area contributed by atoms with Crippen molar-refractivity contribution in [1.29, 1.82) is 0 Å². The van der Waals surface area contributed by atoms with Gasteiger partial charge in [-0.25, -0.2) is 0 Å². The fourth-order valence-electron chi connectivity index (χ4n) is 6.74. The Labute approximate surface area is 197 Å². The van der Waals surface area contributed by atoms with Gasteiger partial charge in [0.2, 0.25) is 0 Å². The van der Waals surface area contributed by atoms with Gasteiger partial charge in [-0.3, -0.25) is 14.4 Å². The zero-order valence-electron chi connectivity index (χ0n) is 18.3. The number of hydrogen-bond donors (Lipinski definition) is 1. The lowest BCUT2D eigenvalue weighted by Gasteiger charge is -2.54. The van der Waals surface area contributed by atoms with E-state index in [0.29, 0.717) is 43.3 Å². The monoisotopic (exact) mass is 502 g/mol. The quantitative estimate of drug-likeness (QED) is 0.621. The van der Waals surface area contributed by atoms with Crippen molar-refractivity contribution in [3.05, 3.63) is 34.3 Å². The summed E-state index contributed by atoms with van der Waals surface area (Å²) in [4.78, 5) is 39.4. The highest BCUT2D eigenvalue weighted by Crippen LogP contribution is 2.53. The molecular weight excluding hydrogens is 472 g/mol. The molecule has 5 fully saturated rings. The van der Waals surface area contributed by atoms with Crippen molar-refractivity contribution >= 4 is 33.7 Å². The molecule has 0 radical (unpaired) electrons. The lowest BCUT2D eigenvalue weighted by Crippen LogP contribution is -2.56. The molecule has 0 atom stereocenters. The number of amides is 2. The molecule has 1 aromatic rings. The Kier molecular flexibility index (Phi) is 6.28. The third-order valence-corrected chi connectivity index (χ3v) is 8.64. The van der Waals surface area contributed by atoms with Crippen molar-refractivity contribution in [3.63, 3.8) is 0 Å². The van der Waals surface area contributed by atoms with Gasteiger partial charge in [-0.05, 0) is 92.9 Å². The highest BCUT2D eigenvalue weighted by Gasteiger charge is 2.48. The van der Waals surface area contributed by atoms with Crippen molar-refractivity contribution in [2.45, 2.75) is 51.0 Å². The molecule has 4 aliphatic carbocycles. The van der Waals surface area contributed by atoms with Gasteiger partial charge in [-0.2, -0.15) is 0 Å². The highest BCUT2D eigenvalue weighted by molar-refractivity contribution is 9.10.